The molecule has 6 heteroatoms. The van der Waals surface area contributed by atoms with Crippen LogP contribution < -0.4 is 5.73 Å². The van der Waals surface area contributed by atoms with Gasteiger partial charge in [-0.2, -0.15) is 0 Å². The summed E-state index contributed by atoms with van der Waals surface area (Å²) < 4.78 is 0. The predicted molar refractivity (Wildman–Crippen MR) is 64.6 cm³/mol. The van der Waals surface area contributed by atoms with E-state index in [-0.39, 0.29) is 0 Å². The number of nitrogens with two attached hydrogens (primary N) is 1. The van der Waals surface area contributed by atoms with Gasteiger partial charge in [-0.05, 0) is 19.1 Å². The Bertz CT molecular complexity index is 539. The molecule has 0 aliphatic carbocycles. The fourth-order valence-corrected chi connectivity index (χ4v) is 2.47. The summed E-state index contributed by atoms with van der Waals surface area (Å²) in [6, 6.07) is 2.67. The van der Waals surface area contributed by atoms with Crippen LogP contribution in [0.15, 0.2) is 24.5 Å². The van der Waals surface area contributed by atoms with Crippen molar-refractivity contribution >= 4 is 17.3 Å². The van der Waals surface area contributed by atoms with Crippen LogP contribution in [0.5, 0.6) is 0 Å². The van der Waals surface area contributed by atoms with Gasteiger partial charge in [0.25, 0.3) is 0 Å². The number of carboxylic acid groups (broad SMARTS) is 1. The van der Waals surface area contributed by atoms with Gasteiger partial charge in [-0.25, -0.2) is 4.98 Å². The lowest BCUT2D eigenvalue weighted by atomic mass is 10.2. The normalized spacial score (nSPS) is 12.4. The summed E-state index contributed by atoms with van der Waals surface area (Å²) in [5, 5.41) is 9.62. The van der Waals surface area contributed by atoms with E-state index in [1.54, 1.807) is 19.3 Å². The van der Waals surface area contributed by atoms with Crippen LogP contribution in [0, 0.1) is 6.92 Å². The summed E-state index contributed by atoms with van der Waals surface area (Å²) >= 11 is 1.29. The number of aryl methyl sites for hydroxylation is 1. The second-order valence-corrected chi connectivity index (χ2v) is 4.56. The molecule has 0 spiro atoms. The Labute approximate surface area is 102 Å². The molecule has 17 heavy (non-hydrogen) atoms. The average Bonchev–Trinajstić information content (AvgIpc) is 2.71. The minimum absolute atomic E-state index is 0.580. The first-order valence-corrected chi connectivity index (χ1v) is 5.77. The van der Waals surface area contributed by atoms with Crippen molar-refractivity contribution in [3.63, 3.8) is 0 Å². The zero-order valence-electron chi connectivity index (χ0n) is 9.12. The van der Waals surface area contributed by atoms with Gasteiger partial charge in [0, 0.05) is 18.0 Å². The van der Waals surface area contributed by atoms with Crippen LogP contribution in [0.1, 0.15) is 16.6 Å². The topological polar surface area (TPSA) is 89.1 Å². The average molecular weight is 249 g/mol. The standard InChI is InChI=1S/C11H11N3O2S/c1-6-9(8(12)11(15)16)17-10(14-6)7-3-2-4-13-5-7/h2-5,8H,12H2,1H3,(H,15,16). The molecule has 1 atom stereocenters. The van der Waals surface area contributed by atoms with Crippen LogP contribution in [0.2, 0.25) is 0 Å². The molecule has 0 fully saturated rings. The lowest BCUT2D eigenvalue weighted by molar-refractivity contribution is -0.138. The fraction of sp³-hybridized carbons (Fsp3) is 0.182. The molecule has 88 valence electrons. The number of hydrogen-bond acceptors (Lipinski definition) is 5. The van der Waals surface area contributed by atoms with E-state index in [4.69, 9.17) is 10.8 Å². The second kappa shape index (κ2) is 4.60. The molecule has 0 saturated heterocycles. The summed E-state index contributed by atoms with van der Waals surface area (Å²) in [6.45, 7) is 1.76. The monoisotopic (exact) mass is 249 g/mol. The van der Waals surface area contributed by atoms with Gasteiger partial charge in [-0.1, -0.05) is 0 Å². The van der Waals surface area contributed by atoms with E-state index in [0.29, 0.717) is 10.6 Å². The van der Waals surface area contributed by atoms with Crippen molar-refractivity contribution < 1.29 is 9.90 Å². The predicted octanol–water partition coefficient (Wildman–Crippen LogP) is 1.60. The van der Waals surface area contributed by atoms with Crippen molar-refractivity contribution in [2.75, 3.05) is 0 Å². The minimum atomic E-state index is -1.05. The van der Waals surface area contributed by atoms with Gasteiger partial charge in [0.1, 0.15) is 11.0 Å². The Morgan fingerprint density at radius 1 is 1.59 bits per heavy atom. The molecule has 2 aromatic rings. The first-order valence-electron chi connectivity index (χ1n) is 4.95. The van der Waals surface area contributed by atoms with Crippen molar-refractivity contribution in [3.8, 4) is 10.6 Å². The minimum Gasteiger partial charge on any atom is -0.480 e. The van der Waals surface area contributed by atoms with Crippen molar-refractivity contribution in [1.82, 2.24) is 9.97 Å². The van der Waals surface area contributed by atoms with E-state index >= 15 is 0 Å². The van der Waals surface area contributed by atoms with E-state index in [1.165, 1.54) is 11.3 Å². The van der Waals surface area contributed by atoms with Crippen molar-refractivity contribution in [2.24, 2.45) is 5.73 Å². The molecular weight excluding hydrogens is 238 g/mol. The Morgan fingerprint density at radius 3 is 2.94 bits per heavy atom. The molecular formula is C11H11N3O2S. The Balaban J connectivity index is 2.41. The van der Waals surface area contributed by atoms with E-state index in [1.807, 2.05) is 12.1 Å². The molecule has 0 aliphatic heterocycles. The number of carbonyl (C=O) groups is 1. The highest BCUT2D eigenvalue weighted by Crippen LogP contribution is 2.30. The molecule has 2 aromatic heterocycles. The molecule has 0 saturated carbocycles. The number of nitrogens with zero attached hydrogens (tertiary/aromatic N) is 2. The quantitative estimate of drug-likeness (QED) is 0.862. The molecule has 2 rings (SSSR count). The maximum Gasteiger partial charge on any atom is 0.326 e. The molecule has 0 amide bonds. The maximum absolute atomic E-state index is 10.8. The highest BCUT2D eigenvalue weighted by atomic mass is 32.1. The van der Waals surface area contributed by atoms with E-state index in [9.17, 15) is 4.79 Å². The zero-order valence-corrected chi connectivity index (χ0v) is 9.94. The Hall–Kier alpha value is -1.79. The third-order valence-electron chi connectivity index (χ3n) is 2.29. The number of aliphatic carboxylic acids is 1. The molecule has 0 bridgehead atoms. The lowest BCUT2D eigenvalue weighted by Crippen LogP contribution is -2.20. The first-order chi connectivity index (χ1) is 8.09. The molecule has 0 aliphatic rings. The summed E-state index contributed by atoms with van der Waals surface area (Å²) in [4.78, 5) is 19.7. The molecule has 2 heterocycles. The van der Waals surface area contributed by atoms with Gasteiger partial charge >= 0.3 is 5.97 Å². The summed E-state index contributed by atoms with van der Waals surface area (Å²) in [5.74, 6) is -1.05. The van der Waals surface area contributed by atoms with Crippen LogP contribution in [0.25, 0.3) is 10.6 Å². The molecule has 0 aromatic carbocycles. The third kappa shape index (κ3) is 2.32. The number of rotatable bonds is 3. The lowest BCUT2D eigenvalue weighted by Gasteiger charge is -2.02. The van der Waals surface area contributed by atoms with E-state index in [0.717, 1.165) is 10.6 Å². The van der Waals surface area contributed by atoms with Crippen LogP contribution in [-0.2, 0) is 4.79 Å². The van der Waals surface area contributed by atoms with E-state index in [2.05, 4.69) is 9.97 Å². The van der Waals surface area contributed by atoms with E-state index < -0.39 is 12.0 Å². The van der Waals surface area contributed by atoms with Gasteiger partial charge in [0.15, 0.2) is 0 Å². The van der Waals surface area contributed by atoms with Gasteiger partial charge in [0.05, 0.1) is 10.6 Å². The maximum atomic E-state index is 10.8. The van der Waals surface area contributed by atoms with Gasteiger partial charge in [-0.3, -0.25) is 9.78 Å². The molecule has 1 unspecified atom stereocenters. The van der Waals surface area contributed by atoms with Gasteiger partial charge < -0.3 is 10.8 Å². The summed E-state index contributed by atoms with van der Waals surface area (Å²) in [5.41, 5.74) is 7.11. The van der Waals surface area contributed by atoms with Gasteiger partial charge in [0.2, 0.25) is 0 Å². The highest BCUT2D eigenvalue weighted by molar-refractivity contribution is 7.15. The van der Waals surface area contributed by atoms with Crippen molar-refractivity contribution in [2.45, 2.75) is 13.0 Å². The number of thiazole rings is 1. The Kier molecular flexibility index (Phi) is 3.16. The number of pyridine rings is 1. The highest BCUT2D eigenvalue weighted by Gasteiger charge is 2.21. The molecule has 5 nitrogen and oxygen atoms in total. The van der Waals surface area contributed by atoms with Crippen LogP contribution in [-0.4, -0.2) is 21.0 Å². The second-order valence-electron chi connectivity index (χ2n) is 3.53. The number of aromatic nitrogens is 2. The van der Waals surface area contributed by atoms with Crippen molar-refractivity contribution in [1.29, 1.82) is 0 Å². The smallest absolute Gasteiger partial charge is 0.326 e. The molecule has 3 N–H and O–H groups in total. The summed E-state index contributed by atoms with van der Waals surface area (Å²) in [7, 11) is 0. The SMILES string of the molecule is Cc1nc(-c2cccnc2)sc1C(N)C(=O)O. The van der Waals surface area contributed by atoms with Crippen LogP contribution in [0.3, 0.4) is 0 Å². The molecule has 0 radical (unpaired) electrons. The van der Waals surface area contributed by atoms with Crippen LogP contribution >= 0.6 is 11.3 Å². The zero-order chi connectivity index (χ0) is 12.4. The third-order valence-corrected chi connectivity index (χ3v) is 3.58. The number of carboxylic acids is 1. The number of hydrogen-bond donors (Lipinski definition) is 2. The van der Waals surface area contributed by atoms with Gasteiger partial charge in [-0.15, -0.1) is 11.3 Å². The first kappa shape index (κ1) is 11.7. The largest absolute Gasteiger partial charge is 0.480 e. The summed E-state index contributed by atoms with van der Waals surface area (Å²) in [6.07, 6.45) is 3.36. The van der Waals surface area contributed by atoms with Crippen molar-refractivity contribution in [3.05, 3.63) is 35.1 Å². The van der Waals surface area contributed by atoms with Crippen LogP contribution in [0.4, 0.5) is 0 Å². The fourth-order valence-electron chi connectivity index (χ4n) is 1.42. The Morgan fingerprint density at radius 2 is 2.35 bits per heavy atom.